The average Bonchev–Trinajstić information content (AvgIpc) is 3.13. The first-order chi connectivity index (χ1) is 15.8. The maximum Gasteiger partial charge on any atom is 0.280 e. The monoisotopic (exact) mass is 448 g/mol. The Hall–Kier alpha value is -3.77. The molecule has 0 bridgehead atoms. The molecule has 4 rings (SSSR count). The molecule has 9 heteroatoms. The summed E-state index contributed by atoms with van der Waals surface area (Å²) in [5.41, 5.74) is 1.51. The van der Waals surface area contributed by atoms with E-state index >= 15 is 0 Å². The quantitative estimate of drug-likeness (QED) is 0.779. The van der Waals surface area contributed by atoms with Crippen LogP contribution >= 0.6 is 0 Å². The second-order valence-corrected chi connectivity index (χ2v) is 8.43. The number of nitrogens with zero attached hydrogens (tertiary/aromatic N) is 5. The minimum Gasteiger partial charge on any atom is -0.336 e. The van der Waals surface area contributed by atoms with E-state index in [1.165, 1.54) is 29.2 Å². The van der Waals surface area contributed by atoms with E-state index in [1.807, 2.05) is 18.0 Å². The molecule has 1 saturated heterocycles. The summed E-state index contributed by atoms with van der Waals surface area (Å²) in [4.78, 5) is 34.2. The molecule has 1 aliphatic carbocycles. The Kier molecular flexibility index (Phi) is 6.11. The lowest BCUT2D eigenvalue weighted by atomic mass is 10.0. The molecule has 1 fully saturated rings. The topological polar surface area (TPSA) is 98.0 Å². The lowest BCUT2D eigenvalue weighted by molar-refractivity contribution is 0.0572. The first-order valence-electron chi connectivity index (χ1n) is 10.7. The fourth-order valence-electron chi connectivity index (χ4n) is 3.99. The summed E-state index contributed by atoms with van der Waals surface area (Å²) in [6.07, 6.45) is 6.06. The second kappa shape index (κ2) is 9.00. The number of halogens is 1. The zero-order valence-corrected chi connectivity index (χ0v) is 18.8. The number of hydrogen-bond acceptors (Lipinski definition) is 5. The van der Waals surface area contributed by atoms with Gasteiger partial charge in [0, 0.05) is 38.1 Å². The molecule has 0 aromatic carbocycles. The second-order valence-electron chi connectivity index (χ2n) is 8.43. The molecule has 1 atom stereocenters. The molecule has 0 radical (unpaired) electrons. The van der Waals surface area contributed by atoms with Crippen molar-refractivity contribution in [3.05, 3.63) is 75.1 Å². The molecule has 2 aromatic rings. The third kappa shape index (κ3) is 4.30. The van der Waals surface area contributed by atoms with Crippen LogP contribution < -0.4 is 5.56 Å². The Balaban J connectivity index is 1.58. The molecule has 0 spiro atoms. The molecule has 1 amide bonds. The Morgan fingerprint density at radius 3 is 2.79 bits per heavy atom. The van der Waals surface area contributed by atoms with Gasteiger partial charge in [-0.15, -0.1) is 0 Å². The number of H-pyrrole nitrogens is 1. The molecular formula is C24H25FN6O2. The van der Waals surface area contributed by atoms with Gasteiger partial charge in [-0.25, -0.2) is 14.1 Å². The van der Waals surface area contributed by atoms with Gasteiger partial charge in [0.2, 0.25) is 0 Å². The van der Waals surface area contributed by atoms with Crippen molar-refractivity contribution >= 4 is 11.5 Å². The third-order valence-electron chi connectivity index (χ3n) is 6.25. The number of hydrogen-bond donors (Lipinski definition) is 1. The summed E-state index contributed by atoms with van der Waals surface area (Å²) in [7, 11) is 2.04. The molecular weight excluding hydrogens is 423 g/mol. The van der Waals surface area contributed by atoms with Crippen LogP contribution in [-0.2, 0) is 0 Å². The molecule has 3 heterocycles. The van der Waals surface area contributed by atoms with Gasteiger partial charge in [0.25, 0.3) is 11.5 Å². The number of nitriles is 1. The van der Waals surface area contributed by atoms with Crippen molar-refractivity contribution in [2.75, 3.05) is 26.7 Å². The summed E-state index contributed by atoms with van der Waals surface area (Å²) in [5.74, 6) is -0.438. The van der Waals surface area contributed by atoms with Gasteiger partial charge in [0.05, 0.1) is 16.7 Å². The largest absolute Gasteiger partial charge is 0.336 e. The van der Waals surface area contributed by atoms with E-state index in [-0.39, 0.29) is 23.1 Å². The molecule has 1 unspecified atom stereocenters. The van der Waals surface area contributed by atoms with E-state index < -0.39 is 11.4 Å². The Labute approximate surface area is 190 Å². The summed E-state index contributed by atoms with van der Waals surface area (Å²) in [5, 5.41) is 11.9. The molecule has 1 aliphatic heterocycles. The molecule has 2 aromatic heterocycles. The van der Waals surface area contributed by atoms with E-state index in [9.17, 15) is 14.0 Å². The smallest absolute Gasteiger partial charge is 0.280 e. The van der Waals surface area contributed by atoms with Gasteiger partial charge in [-0.2, -0.15) is 5.26 Å². The van der Waals surface area contributed by atoms with Crippen LogP contribution in [0, 0.1) is 11.3 Å². The first-order valence-corrected chi connectivity index (χ1v) is 10.7. The summed E-state index contributed by atoms with van der Waals surface area (Å²) in [6, 6.07) is 5.37. The maximum absolute atomic E-state index is 14.4. The van der Waals surface area contributed by atoms with Crippen molar-refractivity contribution in [2.45, 2.75) is 26.3 Å². The fourth-order valence-corrected chi connectivity index (χ4v) is 3.99. The highest BCUT2D eigenvalue weighted by Crippen LogP contribution is 2.28. The normalized spacial score (nSPS) is 19.6. The van der Waals surface area contributed by atoms with E-state index in [0.29, 0.717) is 36.5 Å². The van der Waals surface area contributed by atoms with Crippen LogP contribution in [0.5, 0.6) is 0 Å². The van der Waals surface area contributed by atoms with Crippen LogP contribution in [0.1, 0.15) is 36.2 Å². The Bertz CT molecular complexity index is 1280. The lowest BCUT2D eigenvalue weighted by Gasteiger charge is -2.37. The van der Waals surface area contributed by atoms with Crippen LogP contribution in [0.2, 0.25) is 0 Å². The van der Waals surface area contributed by atoms with Gasteiger partial charge in [-0.05, 0) is 51.1 Å². The number of piperazine rings is 1. The predicted molar refractivity (Wildman–Crippen MR) is 122 cm³/mol. The van der Waals surface area contributed by atoms with Gasteiger partial charge in [-0.1, -0.05) is 11.6 Å². The van der Waals surface area contributed by atoms with Crippen LogP contribution in [-0.4, -0.2) is 63.2 Å². The Morgan fingerprint density at radius 1 is 1.33 bits per heavy atom. The molecule has 0 saturated carbocycles. The van der Waals surface area contributed by atoms with Crippen molar-refractivity contribution in [1.82, 2.24) is 24.6 Å². The van der Waals surface area contributed by atoms with Gasteiger partial charge >= 0.3 is 0 Å². The van der Waals surface area contributed by atoms with E-state index in [2.05, 4.69) is 21.9 Å². The number of allylic oxidation sites excluding steroid dienone is 6. The number of carbonyl (C=O) groups excluding carboxylic acids is 1. The Morgan fingerprint density at radius 2 is 2.12 bits per heavy atom. The highest BCUT2D eigenvalue weighted by atomic mass is 19.1. The maximum atomic E-state index is 14.4. The van der Waals surface area contributed by atoms with Crippen LogP contribution in [0.15, 0.2) is 58.4 Å². The number of aromatic amines is 1. The van der Waals surface area contributed by atoms with E-state index in [4.69, 9.17) is 5.26 Å². The van der Waals surface area contributed by atoms with Crippen LogP contribution in [0.3, 0.4) is 0 Å². The predicted octanol–water partition coefficient (Wildman–Crippen LogP) is 2.82. The molecule has 33 heavy (non-hydrogen) atoms. The fraction of sp³-hybridized carbons (Fsp3) is 0.333. The summed E-state index contributed by atoms with van der Waals surface area (Å²) in [6.45, 7) is 6.00. The van der Waals surface area contributed by atoms with Crippen LogP contribution in [0.4, 0.5) is 4.39 Å². The highest BCUT2D eigenvalue weighted by molar-refractivity contribution is 5.94. The zero-order valence-electron chi connectivity index (χ0n) is 18.8. The van der Waals surface area contributed by atoms with Crippen molar-refractivity contribution in [3.63, 3.8) is 0 Å². The molecule has 170 valence electrons. The van der Waals surface area contributed by atoms with E-state index in [0.717, 1.165) is 12.1 Å². The van der Waals surface area contributed by atoms with Gasteiger partial charge in [0.1, 0.15) is 11.9 Å². The number of amides is 1. The molecule has 2 aliphatic rings. The highest BCUT2D eigenvalue weighted by Gasteiger charge is 2.25. The van der Waals surface area contributed by atoms with Crippen molar-refractivity contribution in [3.8, 4) is 11.9 Å². The molecule has 8 nitrogen and oxygen atoms in total. The van der Waals surface area contributed by atoms with E-state index in [1.54, 1.807) is 19.1 Å². The van der Waals surface area contributed by atoms with Crippen LogP contribution in [0.25, 0.3) is 11.4 Å². The van der Waals surface area contributed by atoms with Crippen molar-refractivity contribution in [2.24, 2.45) is 0 Å². The number of nitrogens with one attached hydrogen (secondary N) is 1. The molecule has 1 N–H and O–H groups in total. The third-order valence-corrected chi connectivity index (χ3v) is 6.25. The minimum absolute atomic E-state index is 0.0446. The number of rotatable bonds is 3. The number of aromatic nitrogens is 3. The average molecular weight is 449 g/mol. The van der Waals surface area contributed by atoms with Crippen molar-refractivity contribution in [1.29, 1.82) is 5.26 Å². The zero-order chi connectivity index (χ0) is 23.7. The number of pyridine rings is 1. The standard InChI is InChI=1S/C24H25FN6O2/c1-15-4-5-17(11-26)21(25)10-19(15)20-13-28-31(24(20)33)22-7-6-18(12-27-22)23(32)30-9-8-29(3)16(2)14-30/h5-7,10,12-13,16,28H,4,8-9,14H2,1-3H3. The number of likely N-dealkylation sites (N-methyl/N-ethyl adjacent to an activating group) is 1. The SMILES string of the molecule is CC1=C(c2c[nH]n(-c3ccc(C(=O)N4CCN(C)C(C)C4)cn3)c2=O)C=C(F)C(C#N)=CC1. The summed E-state index contributed by atoms with van der Waals surface area (Å²) < 4.78 is 15.6. The summed E-state index contributed by atoms with van der Waals surface area (Å²) >= 11 is 0. The van der Waals surface area contributed by atoms with Gasteiger partial charge < -0.3 is 9.80 Å². The number of carbonyl (C=O) groups is 1. The first kappa shape index (κ1) is 22.4. The lowest BCUT2D eigenvalue weighted by Crippen LogP contribution is -2.52. The van der Waals surface area contributed by atoms with Gasteiger partial charge in [0.15, 0.2) is 5.82 Å². The van der Waals surface area contributed by atoms with Crippen molar-refractivity contribution < 1.29 is 9.18 Å². The minimum atomic E-state index is -0.671. The van der Waals surface area contributed by atoms with Gasteiger partial charge in [-0.3, -0.25) is 14.7 Å².